The number of sulfone groups is 1. The maximum atomic E-state index is 12.9. The Morgan fingerprint density at radius 3 is 2.46 bits per heavy atom. The second kappa shape index (κ2) is 5.62. The number of carbonyl (C=O) groups is 1. The van der Waals surface area contributed by atoms with Crippen LogP contribution >= 0.6 is 0 Å². The highest BCUT2D eigenvalue weighted by atomic mass is 32.2. The number of hydrogen-bond acceptors (Lipinski definition) is 3. The van der Waals surface area contributed by atoms with Gasteiger partial charge in [0.2, 0.25) is 5.91 Å². The molecule has 0 N–H and O–H groups in total. The lowest BCUT2D eigenvalue weighted by atomic mass is 10.0. The quantitative estimate of drug-likeness (QED) is 0.856. The van der Waals surface area contributed by atoms with E-state index in [0.29, 0.717) is 19.4 Å². The maximum absolute atomic E-state index is 12.9. The molecular formula is C18H22N2O3S. The Labute approximate surface area is 142 Å². The number of aromatic nitrogens is 1. The van der Waals surface area contributed by atoms with E-state index in [1.54, 1.807) is 0 Å². The van der Waals surface area contributed by atoms with E-state index in [1.807, 2.05) is 46.0 Å². The molecule has 2 atom stereocenters. The first-order valence-corrected chi connectivity index (χ1v) is 10.4. The van der Waals surface area contributed by atoms with Gasteiger partial charge in [-0.15, -0.1) is 0 Å². The molecule has 2 aromatic rings. The summed E-state index contributed by atoms with van der Waals surface area (Å²) in [5.74, 6) is 0.107. The van der Waals surface area contributed by atoms with E-state index in [9.17, 15) is 13.2 Å². The molecule has 2 unspecified atom stereocenters. The summed E-state index contributed by atoms with van der Waals surface area (Å²) < 4.78 is 25.7. The van der Waals surface area contributed by atoms with Crippen LogP contribution in [0, 0.1) is 0 Å². The smallest absolute Gasteiger partial charge is 0.243 e. The Morgan fingerprint density at radius 1 is 1.12 bits per heavy atom. The van der Waals surface area contributed by atoms with Crippen LogP contribution in [0.1, 0.15) is 25.7 Å². The Balaban J connectivity index is 1.54. The monoisotopic (exact) mass is 346 g/mol. The van der Waals surface area contributed by atoms with Crippen molar-refractivity contribution in [2.75, 3.05) is 6.26 Å². The zero-order valence-electron chi connectivity index (χ0n) is 13.8. The summed E-state index contributed by atoms with van der Waals surface area (Å²) in [4.78, 5) is 14.9. The van der Waals surface area contributed by atoms with Crippen molar-refractivity contribution in [2.24, 2.45) is 0 Å². The summed E-state index contributed by atoms with van der Waals surface area (Å²) in [6, 6.07) is 10.2. The molecule has 1 aromatic carbocycles. The van der Waals surface area contributed by atoms with Gasteiger partial charge in [0.1, 0.15) is 16.4 Å². The fraction of sp³-hybridized carbons (Fsp3) is 0.500. The molecule has 2 aliphatic heterocycles. The van der Waals surface area contributed by atoms with Gasteiger partial charge in [-0.3, -0.25) is 4.79 Å². The first kappa shape index (κ1) is 15.7. The SMILES string of the molecule is CS(=O)(=O)C1CC2CCC(C1)N2C(=O)Cn1ccc2ccccc21. The Morgan fingerprint density at radius 2 is 1.79 bits per heavy atom. The second-order valence-corrected chi connectivity index (χ2v) is 9.44. The third-order valence-corrected chi connectivity index (χ3v) is 7.17. The van der Waals surface area contributed by atoms with Crippen LogP contribution in [0.4, 0.5) is 0 Å². The van der Waals surface area contributed by atoms with E-state index in [0.717, 1.165) is 23.7 Å². The van der Waals surface area contributed by atoms with E-state index < -0.39 is 9.84 Å². The number of piperidine rings is 1. The standard InChI is InChI=1S/C18H22N2O3S/c1-24(22,23)16-10-14-6-7-15(11-16)20(14)18(21)12-19-9-8-13-4-2-3-5-17(13)19/h2-5,8-9,14-16H,6-7,10-12H2,1H3. The van der Waals surface area contributed by atoms with Crippen molar-refractivity contribution < 1.29 is 13.2 Å². The number of carbonyl (C=O) groups excluding carboxylic acids is 1. The van der Waals surface area contributed by atoms with Gasteiger partial charge in [-0.2, -0.15) is 0 Å². The number of nitrogens with zero attached hydrogens (tertiary/aromatic N) is 2. The molecule has 1 amide bonds. The molecule has 128 valence electrons. The minimum atomic E-state index is -3.02. The molecule has 3 heterocycles. The van der Waals surface area contributed by atoms with Crippen molar-refractivity contribution in [3.8, 4) is 0 Å². The highest BCUT2D eigenvalue weighted by molar-refractivity contribution is 7.91. The predicted molar refractivity (Wildman–Crippen MR) is 93.5 cm³/mol. The number of hydrogen-bond donors (Lipinski definition) is 0. The average molecular weight is 346 g/mol. The van der Waals surface area contributed by atoms with Gasteiger partial charge < -0.3 is 9.47 Å². The van der Waals surface area contributed by atoms with Gasteiger partial charge in [0.05, 0.1) is 5.25 Å². The molecule has 0 saturated carbocycles. The van der Waals surface area contributed by atoms with Crippen LogP contribution in [0.15, 0.2) is 36.5 Å². The topological polar surface area (TPSA) is 59.4 Å². The summed E-state index contributed by atoms with van der Waals surface area (Å²) in [5, 5.41) is 0.843. The van der Waals surface area contributed by atoms with Gasteiger partial charge in [-0.1, -0.05) is 18.2 Å². The van der Waals surface area contributed by atoms with Crippen molar-refractivity contribution in [3.63, 3.8) is 0 Å². The summed E-state index contributed by atoms with van der Waals surface area (Å²) >= 11 is 0. The van der Waals surface area contributed by atoms with Crippen molar-refractivity contribution in [2.45, 2.75) is 49.6 Å². The molecule has 1 aromatic heterocycles. The molecule has 4 rings (SSSR count). The number of para-hydroxylation sites is 1. The zero-order valence-corrected chi connectivity index (χ0v) is 14.6. The van der Waals surface area contributed by atoms with Crippen LogP contribution in [-0.2, 0) is 21.2 Å². The van der Waals surface area contributed by atoms with E-state index >= 15 is 0 Å². The highest BCUT2D eigenvalue weighted by Crippen LogP contribution is 2.38. The van der Waals surface area contributed by atoms with Crippen LogP contribution in [0.3, 0.4) is 0 Å². The van der Waals surface area contributed by atoms with Crippen molar-refractivity contribution >= 4 is 26.6 Å². The Bertz CT molecular complexity index is 873. The van der Waals surface area contributed by atoms with Crippen molar-refractivity contribution in [1.29, 1.82) is 0 Å². The van der Waals surface area contributed by atoms with E-state index in [2.05, 4.69) is 0 Å². The van der Waals surface area contributed by atoms with Crippen LogP contribution in [0.2, 0.25) is 0 Å². The normalized spacial score (nSPS) is 26.9. The fourth-order valence-corrected chi connectivity index (χ4v) is 5.53. The third kappa shape index (κ3) is 2.62. The lowest BCUT2D eigenvalue weighted by molar-refractivity contribution is -0.136. The van der Waals surface area contributed by atoms with Crippen LogP contribution in [0.25, 0.3) is 10.9 Å². The minimum absolute atomic E-state index is 0.0813. The van der Waals surface area contributed by atoms with Crippen LogP contribution < -0.4 is 0 Å². The number of fused-ring (bicyclic) bond motifs is 3. The summed E-state index contributed by atoms with van der Waals surface area (Å²) in [6.07, 6.45) is 6.30. The molecule has 5 nitrogen and oxygen atoms in total. The van der Waals surface area contributed by atoms with E-state index in [1.165, 1.54) is 6.26 Å². The van der Waals surface area contributed by atoms with Gasteiger partial charge in [-0.05, 0) is 43.2 Å². The molecule has 0 aliphatic carbocycles. The van der Waals surface area contributed by atoms with Gasteiger partial charge in [0.15, 0.2) is 0 Å². The van der Waals surface area contributed by atoms with Crippen LogP contribution in [-0.4, -0.2) is 47.4 Å². The molecule has 2 fully saturated rings. The molecule has 2 saturated heterocycles. The highest BCUT2D eigenvalue weighted by Gasteiger charge is 2.45. The van der Waals surface area contributed by atoms with Gasteiger partial charge in [0, 0.05) is 30.1 Å². The summed E-state index contributed by atoms with van der Waals surface area (Å²) in [7, 11) is -3.02. The van der Waals surface area contributed by atoms with E-state index in [4.69, 9.17) is 0 Å². The molecule has 2 bridgehead atoms. The van der Waals surface area contributed by atoms with Gasteiger partial charge in [0.25, 0.3) is 0 Å². The lowest BCUT2D eigenvalue weighted by Gasteiger charge is -2.38. The maximum Gasteiger partial charge on any atom is 0.243 e. The zero-order chi connectivity index (χ0) is 16.9. The Hall–Kier alpha value is -1.82. The number of amides is 1. The molecular weight excluding hydrogens is 324 g/mol. The summed E-state index contributed by atoms with van der Waals surface area (Å²) in [5.41, 5.74) is 1.06. The van der Waals surface area contributed by atoms with Gasteiger partial charge >= 0.3 is 0 Å². The molecule has 0 radical (unpaired) electrons. The third-order valence-electron chi connectivity index (χ3n) is 5.57. The lowest BCUT2D eigenvalue weighted by Crippen LogP contribution is -2.50. The van der Waals surface area contributed by atoms with E-state index in [-0.39, 0.29) is 23.2 Å². The first-order valence-electron chi connectivity index (χ1n) is 8.47. The minimum Gasteiger partial charge on any atom is -0.338 e. The number of benzene rings is 1. The fourth-order valence-electron chi connectivity index (χ4n) is 4.39. The second-order valence-electron chi connectivity index (χ2n) is 7.11. The van der Waals surface area contributed by atoms with Crippen molar-refractivity contribution in [3.05, 3.63) is 36.5 Å². The Kier molecular flexibility index (Phi) is 3.67. The van der Waals surface area contributed by atoms with Crippen molar-refractivity contribution in [1.82, 2.24) is 9.47 Å². The molecule has 0 spiro atoms. The molecule has 2 aliphatic rings. The number of rotatable bonds is 3. The van der Waals surface area contributed by atoms with Gasteiger partial charge in [-0.25, -0.2) is 8.42 Å². The largest absolute Gasteiger partial charge is 0.338 e. The average Bonchev–Trinajstić information content (AvgIpc) is 3.05. The predicted octanol–water partition coefficient (Wildman–Crippen LogP) is 2.21. The first-order chi connectivity index (χ1) is 11.4. The molecule has 24 heavy (non-hydrogen) atoms. The van der Waals surface area contributed by atoms with Crippen LogP contribution in [0.5, 0.6) is 0 Å². The summed E-state index contributed by atoms with van der Waals surface area (Å²) in [6.45, 7) is 0.323. The molecule has 6 heteroatoms.